The van der Waals surface area contributed by atoms with Gasteiger partial charge in [-0.2, -0.15) is 0 Å². The van der Waals surface area contributed by atoms with E-state index in [0.29, 0.717) is 42.6 Å². The van der Waals surface area contributed by atoms with Gasteiger partial charge >= 0.3 is 5.97 Å². The average Bonchev–Trinajstić information content (AvgIpc) is 3.45. The van der Waals surface area contributed by atoms with E-state index in [1.807, 2.05) is 33.0 Å². The zero-order chi connectivity index (χ0) is 33.7. The van der Waals surface area contributed by atoms with Crippen LogP contribution in [0.1, 0.15) is 75.3 Å². The average molecular weight is 663 g/mol. The molecule has 254 valence electrons. The van der Waals surface area contributed by atoms with E-state index in [0.717, 1.165) is 42.9 Å². The van der Waals surface area contributed by atoms with Crippen molar-refractivity contribution in [1.82, 2.24) is 9.80 Å². The Morgan fingerprint density at radius 2 is 1.85 bits per heavy atom. The van der Waals surface area contributed by atoms with Gasteiger partial charge in [0.2, 0.25) is 0 Å². The Kier molecular flexibility index (Phi) is 11.4. The number of hydrogen-bond acceptors (Lipinski definition) is 7. The number of carbonyl (C=O) groups excluding carboxylic acids is 1. The minimum Gasteiger partial charge on any atom is -0.493 e. The summed E-state index contributed by atoms with van der Waals surface area (Å²) in [5.74, 6) is 1.84. The number of rotatable bonds is 15. The molecule has 1 saturated heterocycles. The van der Waals surface area contributed by atoms with E-state index in [1.54, 1.807) is 0 Å². The molecule has 1 fully saturated rings. The molecule has 0 spiro atoms. The number of fused-ring (bicyclic) bond motifs is 1. The van der Waals surface area contributed by atoms with E-state index in [9.17, 15) is 4.79 Å². The molecule has 2 aliphatic rings. The number of ether oxygens (including phenoxy) is 4. The van der Waals surface area contributed by atoms with E-state index >= 15 is 0 Å². The molecular formula is C39H51ClN2O5. The standard InChI is InChI=1S/C39H51ClN2O5/c1-8-45-36-23-37(33(40)22-28(36)25-41(6)24-26(2)38(43)44-7)47-35-17-16-31-30(13-9-14-32(31)35)29-12-10-15-34(27(29)3)46-21-11-19-42-20-18-39(42,4)5/h9-10,12-15,22-23,26,35H,8,11,16-21,24-25H2,1-7H3/t26?,35-/m0/s1. The van der Waals surface area contributed by atoms with Crippen molar-refractivity contribution >= 4 is 17.6 Å². The van der Waals surface area contributed by atoms with Crippen molar-refractivity contribution in [2.24, 2.45) is 5.92 Å². The molecule has 1 heterocycles. The second-order valence-electron chi connectivity index (χ2n) is 13.6. The number of nitrogens with zero attached hydrogens (tertiary/aromatic N) is 2. The van der Waals surface area contributed by atoms with Gasteiger partial charge in [0.15, 0.2) is 0 Å². The highest BCUT2D eigenvalue weighted by atomic mass is 35.5. The largest absolute Gasteiger partial charge is 0.493 e. The fourth-order valence-electron chi connectivity index (χ4n) is 6.95. The van der Waals surface area contributed by atoms with Crippen LogP contribution in [0, 0.1) is 12.8 Å². The first-order valence-electron chi connectivity index (χ1n) is 17.0. The molecule has 1 aliphatic heterocycles. The Balaban J connectivity index is 1.29. The number of benzene rings is 3. The number of carbonyl (C=O) groups is 1. The smallest absolute Gasteiger partial charge is 0.309 e. The van der Waals surface area contributed by atoms with Crippen molar-refractivity contribution in [2.75, 3.05) is 47.0 Å². The van der Waals surface area contributed by atoms with Gasteiger partial charge in [0.05, 0.1) is 31.3 Å². The van der Waals surface area contributed by atoms with Crippen LogP contribution in [0.25, 0.3) is 11.1 Å². The van der Waals surface area contributed by atoms with Crippen LogP contribution in [0.15, 0.2) is 48.5 Å². The summed E-state index contributed by atoms with van der Waals surface area (Å²) in [5.41, 5.74) is 7.39. The summed E-state index contributed by atoms with van der Waals surface area (Å²) in [7, 11) is 3.39. The Bertz CT molecular complexity index is 1560. The van der Waals surface area contributed by atoms with Crippen LogP contribution >= 0.6 is 11.6 Å². The van der Waals surface area contributed by atoms with Gasteiger partial charge < -0.3 is 23.8 Å². The molecule has 3 aromatic rings. The zero-order valence-electron chi connectivity index (χ0n) is 29.2. The molecule has 0 aromatic heterocycles. The first-order valence-corrected chi connectivity index (χ1v) is 17.4. The van der Waals surface area contributed by atoms with Crippen LogP contribution in [0.2, 0.25) is 5.02 Å². The Morgan fingerprint density at radius 3 is 2.55 bits per heavy atom. The maximum absolute atomic E-state index is 11.9. The molecule has 0 saturated carbocycles. The highest BCUT2D eigenvalue weighted by Crippen LogP contribution is 2.44. The molecule has 1 aliphatic carbocycles. The van der Waals surface area contributed by atoms with E-state index in [2.05, 4.69) is 67.0 Å². The van der Waals surface area contributed by atoms with Gasteiger partial charge in [0.25, 0.3) is 0 Å². The third-order valence-corrected chi connectivity index (χ3v) is 10.1. The first-order chi connectivity index (χ1) is 22.5. The summed E-state index contributed by atoms with van der Waals surface area (Å²) in [6.07, 6.45) is 3.96. The summed E-state index contributed by atoms with van der Waals surface area (Å²) >= 11 is 6.84. The molecule has 0 bridgehead atoms. The summed E-state index contributed by atoms with van der Waals surface area (Å²) in [6.45, 7) is 15.3. The Morgan fingerprint density at radius 1 is 1.09 bits per heavy atom. The SMILES string of the molecule is CCOc1cc(O[C@H]2CCc3c(-c4cccc(OCCCN5CCC5(C)C)c4C)cccc32)c(Cl)cc1CN(C)CC(C)C(=O)OC. The molecule has 0 N–H and O–H groups in total. The summed E-state index contributed by atoms with van der Waals surface area (Å²) < 4.78 is 23.9. The highest BCUT2D eigenvalue weighted by Gasteiger charge is 2.35. The van der Waals surface area contributed by atoms with Crippen LogP contribution in [0.5, 0.6) is 17.2 Å². The molecule has 1 unspecified atom stereocenters. The highest BCUT2D eigenvalue weighted by molar-refractivity contribution is 6.32. The van der Waals surface area contributed by atoms with E-state index < -0.39 is 0 Å². The van der Waals surface area contributed by atoms with Crippen molar-refractivity contribution in [3.63, 3.8) is 0 Å². The van der Waals surface area contributed by atoms with Crippen LogP contribution in [0.3, 0.4) is 0 Å². The zero-order valence-corrected chi connectivity index (χ0v) is 29.9. The minimum absolute atomic E-state index is 0.114. The maximum atomic E-state index is 11.9. The van der Waals surface area contributed by atoms with Gasteiger partial charge in [-0.05, 0) is 100 Å². The van der Waals surface area contributed by atoms with Crippen molar-refractivity contribution < 1.29 is 23.7 Å². The van der Waals surface area contributed by atoms with Crippen molar-refractivity contribution in [3.8, 4) is 28.4 Å². The molecule has 47 heavy (non-hydrogen) atoms. The van der Waals surface area contributed by atoms with Gasteiger partial charge in [-0.3, -0.25) is 9.69 Å². The molecule has 3 aromatic carbocycles. The topological polar surface area (TPSA) is 60.5 Å². The predicted molar refractivity (Wildman–Crippen MR) is 189 cm³/mol. The quantitative estimate of drug-likeness (QED) is 0.120. The molecule has 7 nitrogen and oxygen atoms in total. The molecule has 0 amide bonds. The molecule has 0 radical (unpaired) electrons. The van der Waals surface area contributed by atoms with Gasteiger partial charge in [0, 0.05) is 43.3 Å². The van der Waals surface area contributed by atoms with Gasteiger partial charge in [-0.1, -0.05) is 48.9 Å². The second-order valence-corrected chi connectivity index (χ2v) is 14.1. The molecule has 2 atom stereocenters. The van der Waals surface area contributed by atoms with Gasteiger partial charge in [-0.15, -0.1) is 0 Å². The second kappa shape index (κ2) is 15.3. The van der Waals surface area contributed by atoms with Crippen LogP contribution in [0.4, 0.5) is 0 Å². The lowest BCUT2D eigenvalue weighted by Gasteiger charge is -2.48. The Hall–Kier alpha value is -3.26. The number of likely N-dealkylation sites (tertiary alicyclic amines) is 1. The number of halogens is 1. The monoisotopic (exact) mass is 662 g/mol. The van der Waals surface area contributed by atoms with Crippen molar-refractivity contribution in [2.45, 2.75) is 78.5 Å². The third-order valence-electron chi connectivity index (χ3n) is 9.78. The first kappa shape index (κ1) is 35.1. The Labute approximate surface area is 286 Å². The number of methoxy groups -OCH3 is 1. The molecule has 8 heteroatoms. The van der Waals surface area contributed by atoms with E-state index in [1.165, 1.54) is 47.9 Å². The van der Waals surface area contributed by atoms with Crippen LogP contribution < -0.4 is 14.2 Å². The van der Waals surface area contributed by atoms with Crippen molar-refractivity contribution in [1.29, 1.82) is 0 Å². The van der Waals surface area contributed by atoms with Gasteiger partial charge in [0.1, 0.15) is 23.4 Å². The predicted octanol–water partition coefficient (Wildman–Crippen LogP) is 8.27. The summed E-state index contributed by atoms with van der Waals surface area (Å²) in [4.78, 5) is 16.5. The lowest BCUT2D eigenvalue weighted by molar-refractivity contribution is -0.145. The lowest BCUT2D eigenvalue weighted by Crippen LogP contribution is -2.55. The van der Waals surface area contributed by atoms with Crippen LogP contribution in [-0.2, 0) is 22.5 Å². The normalized spacial score (nSPS) is 17.6. The van der Waals surface area contributed by atoms with E-state index in [-0.39, 0.29) is 18.0 Å². The summed E-state index contributed by atoms with van der Waals surface area (Å²) in [5, 5.41) is 0.542. The van der Waals surface area contributed by atoms with Crippen molar-refractivity contribution in [3.05, 3.63) is 75.8 Å². The van der Waals surface area contributed by atoms with Gasteiger partial charge in [-0.25, -0.2) is 0 Å². The number of hydrogen-bond donors (Lipinski definition) is 0. The summed E-state index contributed by atoms with van der Waals surface area (Å²) in [6, 6.07) is 16.7. The molecule has 5 rings (SSSR count). The fraction of sp³-hybridized carbons (Fsp3) is 0.513. The fourth-order valence-corrected chi connectivity index (χ4v) is 7.19. The number of esters is 1. The molecular weight excluding hydrogens is 612 g/mol. The lowest BCUT2D eigenvalue weighted by atomic mass is 9.89. The third kappa shape index (κ3) is 8.07. The van der Waals surface area contributed by atoms with Crippen LogP contribution in [-0.4, -0.2) is 68.3 Å². The maximum Gasteiger partial charge on any atom is 0.309 e. The van der Waals surface area contributed by atoms with E-state index in [4.69, 9.17) is 30.5 Å². The minimum atomic E-state index is -0.238.